The van der Waals surface area contributed by atoms with E-state index in [1.807, 2.05) is 0 Å². The fourth-order valence-electron chi connectivity index (χ4n) is 0.625. The monoisotopic (exact) mass is 167 g/mol. The van der Waals surface area contributed by atoms with Crippen LogP contribution in [0.15, 0.2) is 12.1 Å². The van der Waals surface area contributed by atoms with Crippen molar-refractivity contribution in [1.82, 2.24) is 4.98 Å². The largest absolute Gasteiger partial charge is 0.324 e. The van der Waals surface area contributed by atoms with E-state index < -0.39 is 16.6 Å². The van der Waals surface area contributed by atoms with Gasteiger partial charge in [-0.1, -0.05) is 0 Å². The summed E-state index contributed by atoms with van der Waals surface area (Å²) < 4.78 is 12.6. The van der Waals surface area contributed by atoms with Gasteiger partial charge in [-0.25, -0.2) is 4.98 Å². The Morgan fingerprint density at radius 2 is 2.33 bits per heavy atom. The van der Waals surface area contributed by atoms with E-state index in [0.29, 0.717) is 0 Å². The first-order valence-corrected chi connectivity index (χ1v) is 2.86. The predicted molar refractivity (Wildman–Crippen MR) is 35.6 cm³/mol. The smallest absolute Gasteiger partial charge is 0.258 e. The Kier molecular flexibility index (Phi) is 1.96. The van der Waals surface area contributed by atoms with Gasteiger partial charge in [0.2, 0.25) is 0 Å². The minimum atomic E-state index is -1.24. The summed E-state index contributed by atoms with van der Waals surface area (Å²) in [4.78, 5) is 12.2. The summed E-state index contributed by atoms with van der Waals surface area (Å²) in [5.41, 5.74) is -0.910. The summed E-state index contributed by atoms with van der Waals surface area (Å²) in [7, 11) is 0. The minimum absolute atomic E-state index is 0.182. The normalized spacial score (nSPS) is 9.00. The molecule has 6 heteroatoms. The van der Waals surface area contributed by atoms with Crippen molar-refractivity contribution in [3.63, 3.8) is 0 Å². The molecule has 0 aliphatic rings. The molecule has 1 aromatic heterocycles. The first-order chi connectivity index (χ1) is 5.65. The molecular formula is C6H2FN3O2. The second-order valence-corrected chi connectivity index (χ2v) is 1.88. The number of aromatic nitrogens is 1. The van der Waals surface area contributed by atoms with Crippen molar-refractivity contribution in [2.24, 2.45) is 0 Å². The lowest BCUT2D eigenvalue weighted by molar-refractivity contribution is -0.388. The highest BCUT2D eigenvalue weighted by Gasteiger charge is 2.14. The van der Waals surface area contributed by atoms with Gasteiger partial charge in [0.1, 0.15) is 11.8 Å². The second kappa shape index (κ2) is 2.92. The number of nitro groups is 1. The van der Waals surface area contributed by atoms with Gasteiger partial charge in [0.05, 0.1) is 4.92 Å². The number of nitriles is 1. The second-order valence-electron chi connectivity index (χ2n) is 1.88. The molecule has 12 heavy (non-hydrogen) atoms. The van der Waals surface area contributed by atoms with Gasteiger partial charge < -0.3 is 0 Å². The lowest BCUT2D eigenvalue weighted by Gasteiger charge is -1.91. The molecule has 1 heterocycles. The van der Waals surface area contributed by atoms with Gasteiger partial charge in [0.25, 0.3) is 5.95 Å². The van der Waals surface area contributed by atoms with Crippen molar-refractivity contribution in [2.45, 2.75) is 0 Å². The topological polar surface area (TPSA) is 79.8 Å². The van der Waals surface area contributed by atoms with Gasteiger partial charge in [-0.2, -0.15) is 9.65 Å². The zero-order valence-corrected chi connectivity index (χ0v) is 5.69. The van der Waals surface area contributed by atoms with Gasteiger partial charge in [0, 0.05) is 6.07 Å². The van der Waals surface area contributed by atoms with E-state index in [2.05, 4.69) is 4.98 Å². The standard InChI is InChI=1S/C6H2FN3O2/c7-6-5(10(11)12)2-1-4(3-8)9-6/h1-2H. The molecule has 0 N–H and O–H groups in total. The summed E-state index contributed by atoms with van der Waals surface area (Å²) in [6.07, 6.45) is 0. The first kappa shape index (κ1) is 8.07. The van der Waals surface area contributed by atoms with E-state index in [9.17, 15) is 14.5 Å². The van der Waals surface area contributed by atoms with E-state index in [1.165, 1.54) is 0 Å². The van der Waals surface area contributed by atoms with Crippen LogP contribution in [0.4, 0.5) is 10.1 Å². The maximum Gasteiger partial charge on any atom is 0.324 e. The maximum atomic E-state index is 12.6. The van der Waals surface area contributed by atoms with Crippen LogP contribution in [0.5, 0.6) is 0 Å². The molecule has 0 atom stereocenters. The van der Waals surface area contributed by atoms with E-state index in [1.54, 1.807) is 6.07 Å². The molecule has 1 rings (SSSR count). The Bertz CT molecular complexity index is 372. The molecule has 5 nitrogen and oxygen atoms in total. The van der Waals surface area contributed by atoms with Crippen LogP contribution in [0, 0.1) is 27.4 Å². The molecule has 60 valence electrons. The van der Waals surface area contributed by atoms with Crippen molar-refractivity contribution in [3.8, 4) is 6.07 Å². The minimum Gasteiger partial charge on any atom is -0.258 e. The number of halogens is 1. The summed E-state index contributed by atoms with van der Waals surface area (Å²) in [5, 5.41) is 18.3. The van der Waals surface area contributed by atoms with Crippen molar-refractivity contribution in [3.05, 3.63) is 33.9 Å². The van der Waals surface area contributed by atoms with E-state index in [-0.39, 0.29) is 5.69 Å². The molecule has 0 aliphatic heterocycles. The molecule has 1 aromatic rings. The summed E-state index contributed by atoms with van der Waals surface area (Å²) in [6.45, 7) is 0. The number of hydrogen-bond acceptors (Lipinski definition) is 4. The van der Waals surface area contributed by atoms with Crippen LogP contribution in [0.25, 0.3) is 0 Å². The van der Waals surface area contributed by atoms with Crippen LogP contribution < -0.4 is 0 Å². The molecule has 0 bridgehead atoms. The zero-order valence-electron chi connectivity index (χ0n) is 5.69. The Morgan fingerprint density at radius 3 is 2.75 bits per heavy atom. The third-order valence-electron chi connectivity index (χ3n) is 1.14. The van der Waals surface area contributed by atoms with Crippen molar-refractivity contribution in [1.29, 1.82) is 5.26 Å². The van der Waals surface area contributed by atoms with Crippen molar-refractivity contribution >= 4 is 5.69 Å². The highest BCUT2D eigenvalue weighted by Crippen LogP contribution is 2.13. The molecule has 0 saturated carbocycles. The Balaban J connectivity index is 3.23. The zero-order chi connectivity index (χ0) is 9.14. The third-order valence-corrected chi connectivity index (χ3v) is 1.14. The lowest BCUT2D eigenvalue weighted by Crippen LogP contribution is -1.96. The Morgan fingerprint density at radius 1 is 1.67 bits per heavy atom. The summed E-state index contributed by atoms with van der Waals surface area (Å²) >= 11 is 0. The molecule has 0 unspecified atom stereocenters. The molecule has 0 aromatic carbocycles. The van der Waals surface area contributed by atoms with Gasteiger partial charge >= 0.3 is 5.69 Å². The fourth-order valence-corrected chi connectivity index (χ4v) is 0.625. The number of nitrogens with zero attached hydrogens (tertiary/aromatic N) is 3. The average molecular weight is 167 g/mol. The molecule has 0 fully saturated rings. The first-order valence-electron chi connectivity index (χ1n) is 2.86. The maximum absolute atomic E-state index is 12.6. The van der Waals surface area contributed by atoms with Gasteiger partial charge in [0.15, 0.2) is 0 Å². The average Bonchev–Trinajstić information content (AvgIpc) is 2.03. The van der Waals surface area contributed by atoms with Crippen LogP contribution in [-0.4, -0.2) is 9.91 Å². The quantitative estimate of drug-likeness (QED) is 0.355. The van der Waals surface area contributed by atoms with E-state index in [0.717, 1.165) is 12.1 Å². The molecule has 0 spiro atoms. The molecular weight excluding hydrogens is 165 g/mol. The Hall–Kier alpha value is -2.03. The third kappa shape index (κ3) is 1.34. The SMILES string of the molecule is N#Cc1ccc([N+](=O)[O-])c(F)n1. The fraction of sp³-hybridized carbons (Fsp3) is 0. The van der Waals surface area contributed by atoms with Crippen LogP contribution in [-0.2, 0) is 0 Å². The highest BCUT2D eigenvalue weighted by atomic mass is 19.1. The molecule has 0 aliphatic carbocycles. The lowest BCUT2D eigenvalue weighted by atomic mass is 10.3. The van der Waals surface area contributed by atoms with E-state index >= 15 is 0 Å². The van der Waals surface area contributed by atoms with Gasteiger partial charge in [-0.05, 0) is 6.07 Å². The molecule has 0 radical (unpaired) electrons. The van der Waals surface area contributed by atoms with Gasteiger partial charge in [-0.15, -0.1) is 0 Å². The number of pyridine rings is 1. The summed E-state index contributed by atoms with van der Waals surface area (Å²) in [6, 6.07) is 3.55. The molecule has 0 saturated heterocycles. The van der Waals surface area contributed by atoms with Gasteiger partial charge in [-0.3, -0.25) is 10.1 Å². The Labute approximate surface area is 66.2 Å². The van der Waals surface area contributed by atoms with Crippen LogP contribution in [0.1, 0.15) is 5.69 Å². The summed E-state index contributed by atoms with van der Waals surface area (Å²) in [5.74, 6) is -1.24. The molecule has 0 amide bonds. The number of hydrogen-bond donors (Lipinski definition) is 0. The van der Waals surface area contributed by atoms with E-state index in [4.69, 9.17) is 5.26 Å². The number of rotatable bonds is 1. The highest BCUT2D eigenvalue weighted by molar-refractivity contribution is 5.32. The van der Waals surface area contributed by atoms with Crippen LogP contribution in [0.2, 0.25) is 0 Å². The van der Waals surface area contributed by atoms with Crippen LogP contribution >= 0.6 is 0 Å². The van der Waals surface area contributed by atoms with Crippen LogP contribution in [0.3, 0.4) is 0 Å². The van der Waals surface area contributed by atoms with Crippen molar-refractivity contribution in [2.75, 3.05) is 0 Å². The van der Waals surface area contributed by atoms with Crippen molar-refractivity contribution < 1.29 is 9.31 Å². The predicted octanol–water partition coefficient (Wildman–Crippen LogP) is 1.00.